The number of nitrogens with two attached hydrogens (primary N) is 1. The van der Waals surface area contributed by atoms with Crippen molar-refractivity contribution in [2.45, 2.75) is 25.7 Å². The number of aromatic nitrogens is 4. The maximum Gasteiger partial charge on any atom is 0.449 e. The number of phenols is 1. The number of pyridine rings is 1. The Labute approximate surface area is 267 Å². The molecule has 0 aliphatic carbocycles. The van der Waals surface area contributed by atoms with E-state index in [2.05, 4.69) is 20.2 Å². The number of likely N-dealkylation sites (N-methyl/N-ethyl adjacent to an activating group) is 1. The number of halogens is 6. The maximum absolute atomic E-state index is 15.4. The van der Waals surface area contributed by atoms with Gasteiger partial charge in [-0.05, 0) is 20.0 Å². The largest absolute Gasteiger partial charge is 0.505 e. The zero-order valence-corrected chi connectivity index (χ0v) is 25.9. The van der Waals surface area contributed by atoms with Crippen LogP contribution in [0.5, 0.6) is 5.75 Å². The smallest absolute Gasteiger partial charge is 0.449 e. The fourth-order valence-corrected chi connectivity index (χ4v) is 5.75. The highest BCUT2D eigenvalue weighted by atomic mass is 35.5. The summed E-state index contributed by atoms with van der Waals surface area (Å²) in [6, 6.07) is 2.46. The zero-order valence-electron chi connectivity index (χ0n) is 24.4. The first-order chi connectivity index (χ1) is 21.5. The van der Waals surface area contributed by atoms with Gasteiger partial charge in [-0.2, -0.15) is 13.2 Å². The number of rotatable bonds is 6. The highest BCUT2D eigenvalue weighted by molar-refractivity contribution is 6.34. The first kappa shape index (κ1) is 33.0. The molecule has 5 rings (SSSR count). The fourth-order valence-electron chi connectivity index (χ4n) is 5.40. The number of alkyl halides is 3. The van der Waals surface area contributed by atoms with Crippen LogP contribution < -0.4 is 21.5 Å². The molecule has 0 unspecified atom stereocenters. The summed E-state index contributed by atoms with van der Waals surface area (Å²) >= 11 is 12.2. The molecule has 1 aliphatic heterocycles. The highest BCUT2D eigenvalue weighted by Crippen LogP contribution is 2.40. The number of anilines is 2. The number of hydrogen-bond acceptors (Lipinski definition) is 8. The van der Waals surface area contributed by atoms with Gasteiger partial charge in [-0.1, -0.05) is 23.2 Å². The summed E-state index contributed by atoms with van der Waals surface area (Å²) in [5, 5.41) is 11.4. The summed E-state index contributed by atoms with van der Waals surface area (Å²) < 4.78 is 58.1. The van der Waals surface area contributed by atoms with E-state index in [1.807, 2.05) is 18.9 Å². The van der Waals surface area contributed by atoms with Crippen molar-refractivity contribution in [3.8, 4) is 16.9 Å². The van der Waals surface area contributed by atoms with E-state index in [4.69, 9.17) is 28.9 Å². The van der Waals surface area contributed by atoms with Crippen LogP contribution in [-0.2, 0) is 24.6 Å². The monoisotopic (exact) mass is 684 g/mol. The fraction of sp³-hybridized carbons (Fsp3) is 0.321. The quantitative estimate of drug-likeness (QED) is 0.259. The molecule has 4 N–H and O–H groups in total. The van der Waals surface area contributed by atoms with Gasteiger partial charge in [0.25, 0.3) is 11.5 Å². The number of nitrogens with zero attached hydrogens (tertiary/aromatic N) is 6. The molecule has 2 amide bonds. The number of carbonyl (C=O) groups excluding carboxylic acids is 2. The molecule has 244 valence electrons. The number of aromatic hydroxyl groups is 1. The molecule has 3 aromatic heterocycles. The van der Waals surface area contributed by atoms with Gasteiger partial charge >= 0.3 is 6.18 Å². The first-order valence-electron chi connectivity index (χ1n) is 13.6. The minimum atomic E-state index is -5.08. The summed E-state index contributed by atoms with van der Waals surface area (Å²) in [4.78, 5) is 50.7. The van der Waals surface area contributed by atoms with Crippen LogP contribution in [0, 0.1) is 5.82 Å². The van der Waals surface area contributed by atoms with Crippen molar-refractivity contribution in [2.75, 3.05) is 36.9 Å². The zero-order chi connectivity index (χ0) is 33.8. The third-order valence-electron chi connectivity index (χ3n) is 7.64. The number of fused-ring (bicyclic) bond motifs is 1. The molecule has 0 saturated carbocycles. The Morgan fingerprint density at radius 1 is 1.17 bits per heavy atom. The minimum Gasteiger partial charge on any atom is -0.505 e. The maximum atomic E-state index is 15.4. The average Bonchev–Trinajstić information content (AvgIpc) is 3.32. The third kappa shape index (κ3) is 5.94. The summed E-state index contributed by atoms with van der Waals surface area (Å²) in [7, 11) is 2.82. The first-order valence-corrected chi connectivity index (χ1v) is 14.3. The van der Waals surface area contributed by atoms with E-state index in [0.717, 1.165) is 37.0 Å². The molecule has 1 aliphatic rings. The van der Waals surface area contributed by atoms with Gasteiger partial charge in [0.2, 0.25) is 11.7 Å². The lowest BCUT2D eigenvalue weighted by Gasteiger charge is -2.39. The van der Waals surface area contributed by atoms with E-state index >= 15 is 4.39 Å². The summed E-state index contributed by atoms with van der Waals surface area (Å²) in [6.45, 7) is 3.52. The van der Waals surface area contributed by atoms with Crippen LogP contribution in [0.15, 0.2) is 29.3 Å². The van der Waals surface area contributed by atoms with Crippen molar-refractivity contribution in [1.82, 2.24) is 24.0 Å². The predicted octanol–water partition coefficient (Wildman–Crippen LogP) is 3.85. The summed E-state index contributed by atoms with van der Waals surface area (Å²) in [6.07, 6.45) is -2.71. The van der Waals surface area contributed by atoms with Gasteiger partial charge < -0.3 is 30.5 Å². The Bertz CT molecular complexity index is 1960. The Hall–Kier alpha value is -4.41. The Kier molecular flexibility index (Phi) is 8.65. The van der Waals surface area contributed by atoms with Crippen LogP contribution in [-0.4, -0.2) is 73.6 Å². The number of carbonyl (C=O) groups is 2. The van der Waals surface area contributed by atoms with Crippen LogP contribution in [0.3, 0.4) is 0 Å². The van der Waals surface area contributed by atoms with E-state index in [0.29, 0.717) is 12.4 Å². The molecule has 1 aromatic carbocycles. The van der Waals surface area contributed by atoms with E-state index in [-0.39, 0.29) is 26.9 Å². The van der Waals surface area contributed by atoms with E-state index in [1.165, 1.54) is 6.20 Å². The number of amides is 2. The number of benzene rings is 1. The standard InChI is InChI=1S/C28H26Cl2F4N8O4/c1-12-9-39(2)4-5-42(12)18-7-17(16(29)8-36-18)37-19(43)11-41-10-15(13-6-14(24(35)45)23(44)21(30)22(13)31)20-25(41)38-27(28(32,33)34)40(3)26(20)46/h6-8,10,12,44H,4-5,9,11H2,1-3H3,(H2,35,45)(H,36,37,43)/t12-/m0/s1. The molecule has 46 heavy (non-hydrogen) atoms. The lowest BCUT2D eigenvalue weighted by atomic mass is 10.0. The van der Waals surface area contributed by atoms with Gasteiger partial charge in [-0.25, -0.2) is 14.4 Å². The van der Waals surface area contributed by atoms with Crippen LogP contribution in [0.4, 0.5) is 29.1 Å². The lowest BCUT2D eigenvalue weighted by molar-refractivity contribution is -0.147. The number of hydrogen-bond donors (Lipinski definition) is 3. The van der Waals surface area contributed by atoms with Crippen LogP contribution in [0.1, 0.15) is 23.1 Å². The second-order valence-electron chi connectivity index (χ2n) is 10.9. The van der Waals surface area contributed by atoms with Gasteiger partial charge in [-0.15, -0.1) is 0 Å². The minimum absolute atomic E-state index is 0.0862. The molecule has 1 atom stereocenters. The van der Waals surface area contributed by atoms with Gasteiger partial charge in [0.1, 0.15) is 28.8 Å². The van der Waals surface area contributed by atoms with Crippen molar-refractivity contribution >= 4 is 57.6 Å². The molecule has 1 saturated heterocycles. The van der Waals surface area contributed by atoms with Gasteiger partial charge in [-0.3, -0.25) is 19.0 Å². The summed E-state index contributed by atoms with van der Waals surface area (Å²) in [5.74, 6) is -5.30. The SMILES string of the molecule is C[C@H]1CN(C)CCN1c1cc(NC(=O)Cn2cc(-c3cc(C(N)=O)c(O)c(Cl)c3F)c3c(=O)n(C)c(C(F)(F)F)nc32)c(Cl)cn1. The molecule has 0 bridgehead atoms. The number of piperazine rings is 1. The molecular weight excluding hydrogens is 659 g/mol. The van der Waals surface area contributed by atoms with Crippen molar-refractivity contribution in [3.05, 3.63) is 62.1 Å². The normalized spacial score (nSPS) is 15.8. The van der Waals surface area contributed by atoms with E-state index < -0.39 is 74.7 Å². The van der Waals surface area contributed by atoms with Crippen LogP contribution in [0.2, 0.25) is 10.0 Å². The molecule has 18 heteroatoms. The van der Waals surface area contributed by atoms with Crippen molar-refractivity contribution < 1.29 is 32.3 Å². The molecule has 1 fully saturated rings. The van der Waals surface area contributed by atoms with Crippen molar-refractivity contribution in [1.29, 1.82) is 0 Å². The van der Waals surface area contributed by atoms with E-state index in [9.17, 15) is 32.7 Å². The Morgan fingerprint density at radius 2 is 1.87 bits per heavy atom. The summed E-state index contributed by atoms with van der Waals surface area (Å²) in [5.41, 5.74) is 2.07. The molecular formula is C28H26Cl2F4N8O4. The Morgan fingerprint density at radius 3 is 2.50 bits per heavy atom. The topological polar surface area (TPSA) is 152 Å². The third-order valence-corrected chi connectivity index (χ3v) is 8.29. The second kappa shape index (κ2) is 12.1. The molecule has 0 radical (unpaired) electrons. The van der Waals surface area contributed by atoms with Gasteiger partial charge in [0.15, 0.2) is 5.82 Å². The molecule has 4 aromatic rings. The second-order valence-corrected chi connectivity index (χ2v) is 11.6. The number of nitrogens with one attached hydrogen (secondary N) is 1. The van der Waals surface area contributed by atoms with Gasteiger partial charge in [0, 0.05) is 56.1 Å². The Balaban J connectivity index is 1.60. The predicted molar refractivity (Wildman–Crippen MR) is 163 cm³/mol. The van der Waals surface area contributed by atoms with Gasteiger partial charge in [0.05, 0.1) is 27.9 Å². The van der Waals surface area contributed by atoms with Crippen LogP contribution in [0.25, 0.3) is 22.2 Å². The molecule has 0 spiro atoms. The average molecular weight is 685 g/mol. The molecule has 4 heterocycles. The van der Waals surface area contributed by atoms with E-state index in [1.54, 1.807) is 6.07 Å². The van der Waals surface area contributed by atoms with Crippen molar-refractivity contribution in [3.63, 3.8) is 0 Å². The van der Waals surface area contributed by atoms with Crippen molar-refractivity contribution in [2.24, 2.45) is 12.8 Å². The molecule has 12 nitrogen and oxygen atoms in total. The highest BCUT2D eigenvalue weighted by Gasteiger charge is 2.38. The van der Waals surface area contributed by atoms with Crippen LogP contribution >= 0.6 is 23.2 Å². The number of primary amides is 1. The lowest BCUT2D eigenvalue weighted by Crippen LogP contribution is -2.50.